The van der Waals surface area contributed by atoms with E-state index in [2.05, 4.69) is 5.32 Å². The van der Waals surface area contributed by atoms with E-state index in [0.29, 0.717) is 0 Å². The van der Waals surface area contributed by atoms with Crippen LogP contribution in [0.1, 0.15) is 25.5 Å². The standard InChI is InChI=1S/C17H20N2O5/c1-4-19-14(21)11-12(15(19)22)17(2,16(23)24-3)18-13(11)9-5-7-10(20)8-6-9/h5-8,11-13,18,20H,4H2,1-3H3/t11-,12-,13+,17+/m0/s1. The Hall–Kier alpha value is -2.41. The highest BCUT2D eigenvalue weighted by atomic mass is 16.5. The van der Waals surface area contributed by atoms with Gasteiger partial charge in [-0.1, -0.05) is 12.1 Å². The third-order valence-electron chi connectivity index (χ3n) is 5.06. The van der Waals surface area contributed by atoms with Gasteiger partial charge in [0.25, 0.3) is 0 Å². The largest absolute Gasteiger partial charge is 0.508 e. The zero-order chi connectivity index (χ0) is 17.6. The number of imide groups is 1. The Morgan fingerprint density at radius 1 is 1.29 bits per heavy atom. The van der Waals surface area contributed by atoms with Crippen molar-refractivity contribution in [3.63, 3.8) is 0 Å². The van der Waals surface area contributed by atoms with Gasteiger partial charge in [-0.25, -0.2) is 0 Å². The van der Waals surface area contributed by atoms with E-state index in [-0.39, 0.29) is 24.1 Å². The van der Waals surface area contributed by atoms with Crippen LogP contribution >= 0.6 is 0 Å². The molecule has 128 valence electrons. The molecule has 2 aliphatic heterocycles. The van der Waals surface area contributed by atoms with E-state index >= 15 is 0 Å². The zero-order valence-electron chi connectivity index (χ0n) is 13.8. The maximum Gasteiger partial charge on any atom is 0.326 e. The molecule has 2 fully saturated rings. The molecule has 2 saturated heterocycles. The summed E-state index contributed by atoms with van der Waals surface area (Å²) in [4.78, 5) is 39.0. The summed E-state index contributed by atoms with van der Waals surface area (Å²) in [6, 6.07) is 5.88. The van der Waals surface area contributed by atoms with Crippen LogP contribution in [-0.2, 0) is 19.1 Å². The van der Waals surface area contributed by atoms with Gasteiger partial charge in [0.1, 0.15) is 11.3 Å². The van der Waals surface area contributed by atoms with Crippen molar-refractivity contribution >= 4 is 17.8 Å². The summed E-state index contributed by atoms with van der Waals surface area (Å²) in [5.74, 6) is -2.59. The molecule has 1 aromatic carbocycles. The van der Waals surface area contributed by atoms with Gasteiger partial charge in [0.15, 0.2) is 0 Å². The molecule has 24 heavy (non-hydrogen) atoms. The monoisotopic (exact) mass is 332 g/mol. The predicted octanol–water partition coefficient (Wildman–Crippen LogP) is 0.589. The molecular formula is C17H20N2O5. The maximum atomic E-state index is 12.7. The third kappa shape index (κ3) is 2.11. The molecule has 0 unspecified atom stereocenters. The molecule has 0 saturated carbocycles. The molecule has 7 nitrogen and oxygen atoms in total. The number of hydrogen-bond acceptors (Lipinski definition) is 6. The number of carbonyl (C=O) groups is 3. The lowest BCUT2D eigenvalue weighted by Crippen LogP contribution is -2.53. The number of hydrogen-bond donors (Lipinski definition) is 2. The first-order valence-corrected chi connectivity index (χ1v) is 7.85. The highest BCUT2D eigenvalue weighted by Crippen LogP contribution is 2.48. The Kier molecular flexibility index (Phi) is 3.83. The second-order valence-electron chi connectivity index (χ2n) is 6.33. The van der Waals surface area contributed by atoms with Crippen molar-refractivity contribution in [2.24, 2.45) is 11.8 Å². The predicted molar refractivity (Wildman–Crippen MR) is 83.8 cm³/mol. The molecule has 0 aliphatic carbocycles. The number of likely N-dealkylation sites (tertiary alicyclic amines) is 1. The van der Waals surface area contributed by atoms with E-state index in [9.17, 15) is 19.5 Å². The number of nitrogens with one attached hydrogen (secondary N) is 1. The third-order valence-corrected chi connectivity index (χ3v) is 5.06. The van der Waals surface area contributed by atoms with Gasteiger partial charge in [0, 0.05) is 12.6 Å². The molecule has 7 heteroatoms. The van der Waals surface area contributed by atoms with Gasteiger partial charge >= 0.3 is 5.97 Å². The highest BCUT2D eigenvalue weighted by molar-refractivity contribution is 6.09. The fraction of sp³-hybridized carbons (Fsp3) is 0.471. The van der Waals surface area contributed by atoms with Gasteiger partial charge in [-0.15, -0.1) is 0 Å². The number of rotatable bonds is 3. The fourth-order valence-corrected chi connectivity index (χ4v) is 3.88. The highest BCUT2D eigenvalue weighted by Gasteiger charge is 2.66. The first kappa shape index (κ1) is 16.4. The molecule has 0 aromatic heterocycles. The number of fused-ring (bicyclic) bond motifs is 1. The number of carbonyl (C=O) groups excluding carboxylic acids is 3. The number of amides is 2. The summed E-state index contributed by atoms with van der Waals surface area (Å²) in [5.41, 5.74) is -0.548. The van der Waals surface area contributed by atoms with Crippen molar-refractivity contribution in [1.82, 2.24) is 10.2 Å². The number of esters is 1. The van der Waals surface area contributed by atoms with E-state index < -0.39 is 29.4 Å². The molecule has 4 atom stereocenters. The van der Waals surface area contributed by atoms with Crippen molar-refractivity contribution in [2.45, 2.75) is 25.4 Å². The Morgan fingerprint density at radius 2 is 1.92 bits per heavy atom. The first-order valence-electron chi connectivity index (χ1n) is 7.85. The van der Waals surface area contributed by atoms with Crippen molar-refractivity contribution in [2.75, 3.05) is 13.7 Å². The smallest absolute Gasteiger partial charge is 0.326 e. The fourth-order valence-electron chi connectivity index (χ4n) is 3.88. The Bertz CT molecular complexity index is 701. The maximum absolute atomic E-state index is 12.7. The van der Waals surface area contributed by atoms with Crippen LogP contribution in [-0.4, -0.2) is 47.0 Å². The average Bonchev–Trinajstić information content (AvgIpc) is 3.02. The zero-order valence-corrected chi connectivity index (χ0v) is 13.8. The van der Waals surface area contributed by atoms with Crippen molar-refractivity contribution in [1.29, 1.82) is 0 Å². The molecule has 2 heterocycles. The minimum absolute atomic E-state index is 0.105. The number of ether oxygens (including phenoxy) is 1. The lowest BCUT2D eigenvalue weighted by molar-refractivity contribution is -0.153. The van der Waals surface area contributed by atoms with Crippen LogP contribution in [0.4, 0.5) is 0 Å². The van der Waals surface area contributed by atoms with Gasteiger partial charge in [-0.3, -0.25) is 24.6 Å². The Balaban J connectivity index is 2.09. The quantitative estimate of drug-likeness (QED) is 0.621. The molecular weight excluding hydrogens is 312 g/mol. The topological polar surface area (TPSA) is 95.9 Å². The molecule has 0 radical (unpaired) electrons. The number of aromatic hydroxyl groups is 1. The van der Waals surface area contributed by atoms with E-state index in [0.717, 1.165) is 5.56 Å². The van der Waals surface area contributed by atoms with Gasteiger partial charge in [0.05, 0.1) is 18.9 Å². The van der Waals surface area contributed by atoms with E-state index in [1.807, 2.05) is 0 Å². The minimum Gasteiger partial charge on any atom is -0.508 e. The van der Waals surface area contributed by atoms with Crippen LogP contribution in [0.5, 0.6) is 5.75 Å². The Labute approximate surface area is 139 Å². The lowest BCUT2D eigenvalue weighted by Gasteiger charge is -2.28. The molecule has 1 aromatic rings. The van der Waals surface area contributed by atoms with E-state index in [1.54, 1.807) is 26.0 Å². The van der Waals surface area contributed by atoms with Crippen molar-refractivity contribution < 1.29 is 24.2 Å². The number of nitrogens with zero attached hydrogens (tertiary/aromatic N) is 1. The van der Waals surface area contributed by atoms with Crippen LogP contribution < -0.4 is 5.32 Å². The van der Waals surface area contributed by atoms with Gasteiger partial charge in [-0.05, 0) is 31.5 Å². The van der Waals surface area contributed by atoms with E-state index in [1.165, 1.54) is 24.1 Å². The Morgan fingerprint density at radius 3 is 2.46 bits per heavy atom. The molecule has 0 spiro atoms. The lowest BCUT2D eigenvalue weighted by atomic mass is 9.80. The number of methoxy groups -OCH3 is 1. The second-order valence-corrected chi connectivity index (χ2v) is 6.33. The second kappa shape index (κ2) is 5.59. The molecule has 2 aliphatic rings. The number of benzene rings is 1. The van der Waals surface area contributed by atoms with Crippen molar-refractivity contribution in [3.8, 4) is 5.75 Å². The van der Waals surface area contributed by atoms with Crippen LogP contribution in [0.15, 0.2) is 24.3 Å². The number of phenolic OH excluding ortho intramolecular Hbond substituents is 1. The minimum atomic E-state index is -1.28. The van der Waals surface area contributed by atoms with Crippen molar-refractivity contribution in [3.05, 3.63) is 29.8 Å². The molecule has 0 bridgehead atoms. The molecule has 3 rings (SSSR count). The summed E-state index contributed by atoms with van der Waals surface area (Å²) >= 11 is 0. The molecule has 2 N–H and O–H groups in total. The first-order chi connectivity index (χ1) is 11.3. The average molecular weight is 332 g/mol. The summed E-state index contributed by atoms with van der Waals surface area (Å²) in [6.07, 6.45) is 0. The van der Waals surface area contributed by atoms with E-state index in [4.69, 9.17) is 4.74 Å². The van der Waals surface area contributed by atoms with Crippen LogP contribution in [0.3, 0.4) is 0 Å². The van der Waals surface area contributed by atoms with Gasteiger partial charge < -0.3 is 9.84 Å². The van der Waals surface area contributed by atoms with Crippen LogP contribution in [0.25, 0.3) is 0 Å². The normalized spacial score (nSPS) is 32.1. The van der Waals surface area contributed by atoms with Gasteiger partial charge in [-0.2, -0.15) is 0 Å². The summed E-state index contributed by atoms with van der Waals surface area (Å²) < 4.78 is 4.88. The summed E-state index contributed by atoms with van der Waals surface area (Å²) in [7, 11) is 1.26. The SMILES string of the molecule is CCN1C(=O)[C@@H]2[C@@H](c3ccc(O)cc3)N[C@@](C)(C(=O)OC)[C@@H]2C1=O. The van der Waals surface area contributed by atoms with Crippen LogP contribution in [0, 0.1) is 11.8 Å². The summed E-state index contributed by atoms with van der Waals surface area (Å²) in [6.45, 7) is 3.60. The van der Waals surface area contributed by atoms with Crippen LogP contribution in [0.2, 0.25) is 0 Å². The number of phenols is 1. The molecule has 2 amide bonds. The summed E-state index contributed by atoms with van der Waals surface area (Å²) in [5, 5.41) is 12.6. The van der Waals surface area contributed by atoms with Gasteiger partial charge in [0.2, 0.25) is 11.8 Å².